The number of nitrogens with zero attached hydrogens (tertiary/aromatic N) is 2. The van der Waals surface area contributed by atoms with Gasteiger partial charge in [0.1, 0.15) is 5.82 Å². The highest BCUT2D eigenvalue weighted by molar-refractivity contribution is 7.92. The molecule has 3 aromatic rings. The number of fused-ring (bicyclic) bond motifs is 1. The first-order valence-electron chi connectivity index (χ1n) is 6.58. The Kier molecular flexibility index (Phi) is 3.37. The van der Waals surface area contributed by atoms with Crippen LogP contribution in [0.2, 0.25) is 0 Å². The standard InChI is InChI=1S/C15H14FN3O2S/c1-10-7-12(4-5-13(10)16)22(20,21)19(2)11-3-6-14-15(8-11)18-9-17-14/h3-9H,1-2H3,(H,17,18). The zero-order valence-electron chi connectivity index (χ0n) is 12.0. The summed E-state index contributed by atoms with van der Waals surface area (Å²) >= 11 is 0. The Morgan fingerprint density at radius 1 is 1.18 bits per heavy atom. The predicted molar refractivity (Wildman–Crippen MR) is 82.8 cm³/mol. The van der Waals surface area contributed by atoms with E-state index in [0.717, 1.165) is 17.1 Å². The molecule has 1 N–H and O–H groups in total. The minimum absolute atomic E-state index is 0.0543. The van der Waals surface area contributed by atoms with Crippen molar-refractivity contribution < 1.29 is 12.8 Å². The minimum atomic E-state index is -3.75. The van der Waals surface area contributed by atoms with E-state index in [2.05, 4.69) is 9.97 Å². The molecule has 0 aliphatic rings. The summed E-state index contributed by atoms with van der Waals surface area (Å²) in [6, 6.07) is 8.88. The highest BCUT2D eigenvalue weighted by Gasteiger charge is 2.22. The average Bonchev–Trinajstić information content (AvgIpc) is 2.96. The van der Waals surface area contributed by atoms with Crippen LogP contribution in [0.1, 0.15) is 5.56 Å². The van der Waals surface area contributed by atoms with Gasteiger partial charge in [0.15, 0.2) is 0 Å². The number of imidazole rings is 1. The van der Waals surface area contributed by atoms with Crippen LogP contribution in [0.5, 0.6) is 0 Å². The van der Waals surface area contributed by atoms with Crippen molar-refractivity contribution in [1.29, 1.82) is 0 Å². The van der Waals surface area contributed by atoms with Gasteiger partial charge in [0, 0.05) is 7.05 Å². The van der Waals surface area contributed by atoms with E-state index in [1.807, 2.05) is 0 Å². The third kappa shape index (κ3) is 2.33. The number of sulfonamides is 1. The first-order chi connectivity index (χ1) is 10.4. The summed E-state index contributed by atoms with van der Waals surface area (Å²) < 4.78 is 39.8. The van der Waals surface area contributed by atoms with Crippen LogP contribution in [0.25, 0.3) is 11.0 Å². The van der Waals surface area contributed by atoms with Crippen molar-refractivity contribution >= 4 is 26.7 Å². The highest BCUT2D eigenvalue weighted by Crippen LogP contribution is 2.25. The second kappa shape index (κ2) is 5.10. The molecule has 22 heavy (non-hydrogen) atoms. The van der Waals surface area contributed by atoms with Crippen molar-refractivity contribution in [3.8, 4) is 0 Å². The van der Waals surface area contributed by atoms with Crippen LogP contribution in [0, 0.1) is 12.7 Å². The van der Waals surface area contributed by atoms with E-state index in [9.17, 15) is 12.8 Å². The van der Waals surface area contributed by atoms with Crippen molar-refractivity contribution in [2.75, 3.05) is 11.4 Å². The molecule has 0 radical (unpaired) electrons. The van der Waals surface area contributed by atoms with Gasteiger partial charge in [-0.25, -0.2) is 17.8 Å². The molecule has 0 unspecified atom stereocenters. The number of H-pyrrole nitrogens is 1. The average molecular weight is 319 g/mol. The smallest absolute Gasteiger partial charge is 0.264 e. The van der Waals surface area contributed by atoms with Gasteiger partial charge >= 0.3 is 0 Å². The number of anilines is 1. The maximum atomic E-state index is 13.3. The molecular weight excluding hydrogens is 305 g/mol. The number of rotatable bonds is 3. The van der Waals surface area contributed by atoms with Gasteiger partial charge < -0.3 is 4.98 Å². The summed E-state index contributed by atoms with van der Waals surface area (Å²) in [4.78, 5) is 7.09. The molecule has 114 valence electrons. The number of hydrogen-bond acceptors (Lipinski definition) is 3. The minimum Gasteiger partial charge on any atom is -0.345 e. The van der Waals surface area contributed by atoms with Crippen LogP contribution < -0.4 is 4.31 Å². The van der Waals surface area contributed by atoms with Crippen molar-refractivity contribution in [2.45, 2.75) is 11.8 Å². The second-order valence-corrected chi connectivity index (χ2v) is 6.96. The van der Waals surface area contributed by atoms with Gasteiger partial charge in [0.25, 0.3) is 10.0 Å². The number of benzene rings is 2. The van der Waals surface area contributed by atoms with Crippen LogP contribution in [-0.2, 0) is 10.0 Å². The lowest BCUT2D eigenvalue weighted by atomic mass is 10.2. The molecule has 0 amide bonds. The summed E-state index contributed by atoms with van der Waals surface area (Å²) in [7, 11) is -2.29. The summed E-state index contributed by atoms with van der Waals surface area (Å²) in [5, 5.41) is 0. The maximum Gasteiger partial charge on any atom is 0.264 e. The van der Waals surface area contributed by atoms with Gasteiger partial charge in [-0.05, 0) is 48.9 Å². The van der Waals surface area contributed by atoms with Crippen molar-refractivity contribution in [1.82, 2.24) is 9.97 Å². The molecule has 1 heterocycles. The molecule has 0 aliphatic carbocycles. The molecule has 0 saturated heterocycles. The van der Waals surface area contributed by atoms with Crippen molar-refractivity contribution in [3.63, 3.8) is 0 Å². The van der Waals surface area contributed by atoms with Gasteiger partial charge in [0.2, 0.25) is 0 Å². The Hall–Kier alpha value is -2.41. The van der Waals surface area contributed by atoms with Crippen LogP contribution >= 0.6 is 0 Å². The van der Waals surface area contributed by atoms with E-state index in [0.29, 0.717) is 11.3 Å². The molecule has 0 aliphatic heterocycles. The van der Waals surface area contributed by atoms with E-state index < -0.39 is 15.8 Å². The molecule has 0 fully saturated rings. The third-order valence-corrected chi connectivity index (χ3v) is 5.34. The maximum absolute atomic E-state index is 13.3. The number of nitrogens with one attached hydrogen (secondary N) is 1. The number of aromatic amines is 1. The lowest BCUT2D eigenvalue weighted by Crippen LogP contribution is -2.26. The quantitative estimate of drug-likeness (QED) is 0.807. The molecule has 1 aromatic heterocycles. The fourth-order valence-electron chi connectivity index (χ4n) is 2.19. The van der Waals surface area contributed by atoms with Gasteiger partial charge in [-0.15, -0.1) is 0 Å². The fraction of sp³-hybridized carbons (Fsp3) is 0.133. The molecule has 2 aromatic carbocycles. The summed E-state index contributed by atoms with van der Waals surface area (Å²) in [5.74, 6) is -0.430. The van der Waals surface area contributed by atoms with Crippen LogP contribution in [-0.4, -0.2) is 25.4 Å². The van der Waals surface area contributed by atoms with E-state index in [-0.39, 0.29) is 4.90 Å². The second-order valence-electron chi connectivity index (χ2n) is 4.99. The number of aromatic nitrogens is 2. The Morgan fingerprint density at radius 2 is 1.95 bits per heavy atom. The Balaban J connectivity index is 2.05. The number of halogens is 1. The van der Waals surface area contributed by atoms with Crippen LogP contribution in [0.15, 0.2) is 47.6 Å². The summed E-state index contributed by atoms with van der Waals surface area (Å²) in [6.07, 6.45) is 1.55. The zero-order valence-corrected chi connectivity index (χ0v) is 12.9. The Bertz CT molecular complexity index is 950. The topological polar surface area (TPSA) is 66.1 Å². The number of hydrogen-bond donors (Lipinski definition) is 1. The first-order valence-corrected chi connectivity index (χ1v) is 8.02. The molecule has 5 nitrogen and oxygen atoms in total. The molecule has 0 saturated carbocycles. The fourth-order valence-corrected chi connectivity index (χ4v) is 3.47. The van der Waals surface area contributed by atoms with E-state index in [1.165, 1.54) is 30.4 Å². The zero-order chi connectivity index (χ0) is 15.9. The van der Waals surface area contributed by atoms with E-state index >= 15 is 0 Å². The van der Waals surface area contributed by atoms with Crippen LogP contribution in [0.3, 0.4) is 0 Å². The molecule has 0 spiro atoms. The number of aryl methyl sites for hydroxylation is 1. The van der Waals surface area contributed by atoms with E-state index in [1.54, 1.807) is 24.5 Å². The molecule has 7 heteroatoms. The molecule has 0 bridgehead atoms. The van der Waals surface area contributed by atoms with Gasteiger partial charge in [-0.1, -0.05) is 0 Å². The Morgan fingerprint density at radius 3 is 2.68 bits per heavy atom. The normalized spacial score (nSPS) is 11.8. The van der Waals surface area contributed by atoms with Gasteiger partial charge in [-0.2, -0.15) is 0 Å². The third-order valence-electron chi connectivity index (χ3n) is 3.56. The van der Waals surface area contributed by atoms with Crippen molar-refractivity contribution in [2.24, 2.45) is 0 Å². The highest BCUT2D eigenvalue weighted by atomic mass is 32.2. The molecule has 0 atom stereocenters. The SMILES string of the molecule is Cc1cc(S(=O)(=O)N(C)c2ccc3nc[nH]c3c2)ccc1F. The van der Waals surface area contributed by atoms with E-state index in [4.69, 9.17) is 0 Å². The lowest BCUT2D eigenvalue weighted by molar-refractivity contribution is 0.592. The monoisotopic (exact) mass is 319 g/mol. The molecule has 3 rings (SSSR count). The van der Waals surface area contributed by atoms with Crippen LogP contribution in [0.4, 0.5) is 10.1 Å². The lowest BCUT2D eigenvalue weighted by Gasteiger charge is -2.19. The predicted octanol–water partition coefficient (Wildman–Crippen LogP) is 2.84. The van der Waals surface area contributed by atoms with Crippen molar-refractivity contribution in [3.05, 3.63) is 54.1 Å². The summed E-state index contributed by atoms with van der Waals surface area (Å²) in [6.45, 7) is 1.53. The molecular formula is C15H14FN3O2S. The van der Waals surface area contributed by atoms with Gasteiger partial charge in [-0.3, -0.25) is 4.31 Å². The summed E-state index contributed by atoms with van der Waals surface area (Å²) in [5.41, 5.74) is 2.29. The van der Waals surface area contributed by atoms with Gasteiger partial charge in [0.05, 0.1) is 27.9 Å². The first kappa shape index (κ1) is 14.5. The largest absolute Gasteiger partial charge is 0.345 e. The Labute approximate surface area is 127 Å².